The predicted octanol–water partition coefficient (Wildman–Crippen LogP) is 4.44. The Hall–Kier alpha value is -2.72. The molecule has 0 radical (unpaired) electrons. The summed E-state index contributed by atoms with van der Waals surface area (Å²) in [5, 5.41) is 9.43. The van der Waals surface area contributed by atoms with Crippen LogP contribution in [0.3, 0.4) is 0 Å². The van der Waals surface area contributed by atoms with Crippen molar-refractivity contribution in [2.24, 2.45) is 10.7 Å². The molecule has 0 saturated carbocycles. The number of nitrogens with zero attached hydrogens (tertiary/aromatic N) is 3. The van der Waals surface area contributed by atoms with Crippen molar-refractivity contribution in [3.05, 3.63) is 64.7 Å². The monoisotopic (exact) mass is 370 g/mol. The number of benzene rings is 1. The first-order chi connectivity index (χ1) is 12.5. The zero-order chi connectivity index (χ0) is 18.7. The molecule has 2 aromatic rings. The van der Waals surface area contributed by atoms with Crippen LogP contribution in [0.15, 0.2) is 41.5 Å². The topological polar surface area (TPSA) is 75.1 Å². The van der Waals surface area contributed by atoms with Crippen LogP contribution in [-0.4, -0.2) is 15.4 Å². The van der Waals surface area contributed by atoms with Crippen LogP contribution in [0.5, 0.6) is 0 Å². The molecule has 2 heterocycles. The zero-order valence-electron chi connectivity index (χ0n) is 14.0. The van der Waals surface area contributed by atoms with Gasteiger partial charge >= 0.3 is 0 Å². The van der Waals surface area contributed by atoms with Gasteiger partial charge in [0.2, 0.25) is 0 Å². The second kappa shape index (κ2) is 7.67. The van der Waals surface area contributed by atoms with Crippen molar-refractivity contribution in [3.63, 3.8) is 0 Å². The van der Waals surface area contributed by atoms with Gasteiger partial charge < -0.3 is 5.73 Å². The number of halogens is 2. The summed E-state index contributed by atoms with van der Waals surface area (Å²) in [7, 11) is 0. The van der Waals surface area contributed by atoms with Gasteiger partial charge in [-0.3, -0.25) is 9.98 Å². The standard InChI is InChI=1S/C19H16F2N4S/c1-11-6-18(25-19(23)26-11)14-7-12(2-4-15(14)20)8-16(21)17-5-3-13(9-22)10-24-17/h2-5,7-8,10-11,18H,6H2,1H3,(H2,23,25)/b16-8-. The zero-order valence-corrected chi connectivity index (χ0v) is 14.8. The van der Waals surface area contributed by atoms with Crippen LogP contribution >= 0.6 is 11.8 Å². The quantitative estimate of drug-likeness (QED) is 0.867. The van der Waals surface area contributed by atoms with Crippen molar-refractivity contribution in [3.8, 4) is 6.07 Å². The fourth-order valence-electron chi connectivity index (χ4n) is 2.73. The molecule has 0 amide bonds. The van der Waals surface area contributed by atoms with Crippen LogP contribution in [0, 0.1) is 17.1 Å². The summed E-state index contributed by atoms with van der Waals surface area (Å²) < 4.78 is 28.7. The van der Waals surface area contributed by atoms with Crippen LogP contribution in [0.25, 0.3) is 11.9 Å². The number of aliphatic imine (C=N–C) groups is 1. The van der Waals surface area contributed by atoms with E-state index in [4.69, 9.17) is 11.0 Å². The molecule has 4 nitrogen and oxygen atoms in total. The molecule has 2 N–H and O–H groups in total. The highest BCUT2D eigenvalue weighted by Crippen LogP contribution is 2.35. The lowest BCUT2D eigenvalue weighted by atomic mass is 9.99. The Morgan fingerprint density at radius 2 is 2.19 bits per heavy atom. The lowest BCUT2D eigenvalue weighted by Gasteiger charge is -2.23. The number of aromatic nitrogens is 1. The van der Waals surface area contributed by atoms with E-state index in [2.05, 4.69) is 9.98 Å². The molecule has 0 spiro atoms. The van der Waals surface area contributed by atoms with Gasteiger partial charge in [0.25, 0.3) is 0 Å². The Bertz CT molecular complexity index is 916. The van der Waals surface area contributed by atoms with Gasteiger partial charge in [0.15, 0.2) is 5.17 Å². The first-order valence-electron chi connectivity index (χ1n) is 7.99. The second-order valence-electron chi connectivity index (χ2n) is 5.96. The molecule has 0 saturated heterocycles. The van der Waals surface area contributed by atoms with E-state index in [1.54, 1.807) is 6.07 Å². The predicted molar refractivity (Wildman–Crippen MR) is 100 cm³/mol. The largest absolute Gasteiger partial charge is 0.379 e. The Balaban J connectivity index is 1.91. The maximum absolute atomic E-state index is 14.4. The van der Waals surface area contributed by atoms with E-state index in [1.807, 2.05) is 13.0 Å². The van der Waals surface area contributed by atoms with Crippen LogP contribution in [0.4, 0.5) is 8.78 Å². The third-order valence-electron chi connectivity index (χ3n) is 3.97. The summed E-state index contributed by atoms with van der Waals surface area (Å²) in [6.45, 7) is 2.01. The molecule has 3 rings (SSSR count). The number of hydrogen-bond acceptors (Lipinski definition) is 5. The van der Waals surface area contributed by atoms with Gasteiger partial charge in [-0.25, -0.2) is 8.78 Å². The smallest absolute Gasteiger partial charge is 0.154 e. The van der Waals surface area contributed by atoms with E-state index in [9.17, 15) is 8.78 Å². The van der Waals surface area contributed by atoms with Crippen molar-refractivity contribution in [1.29, 1.82) is 5.26 Å². The number of nitriles is 1. The number of pyridine rings is 1. The first-order valence-corrected chi connectivity index (χ1v) is 8.87. The van der Waals surface area contributed by atoms with Crippen molar-refractivity contribution in [2.45, 2.75) is 24.6 Å². The number of hydrogen-bond donors (Lipinski definition) is 1. The Kier molecular flexibility index (Phi) is 5.33. The van der Waals surface area contributed by atoms with Crippen molar-refractivity contribution in [1.82, 2.24) is 4.98 Å². The highest BCUT2D eigenvalue weighted by atomic mass is 32.2. The average molecular weight is 370 g/mol. The molecule has 1 aromatic carbocycles. The van der Waals surface area contributed by atoms with Gasteiger partial charge in [-0.05, 0) is 42.3 Å². The van der Waals surface area contributed by atoms with Gasteiger partial charge in [-0.2, -0.15) is 5.26 Å². The minimum Gasteiger partial charge on any atom is -0.379 e. The van der Waals surface area contributed by atoms with Crippen LogP contribution in [0.1, 0.15) is 41.8 Å². The molecule has 1 aromatic heterocycles. The fraction of sp³-hybridized carbons (Fsp3) is 0.211. The summed E-state index contributed by atoms with van der Waals surface area (Å²) in [6.07, 6.45) is 3.25. The highest BCUT2D eigenvalue weighted by molar-refractivity contribution is 8.14. The molecule has 0 aliphatic carbocycles. The Morgan fingerprint density at radius 1 is 1.38 bits per heavy atom. The molecule has 132 valence electrons. The highest BCUT2D eigenvalue weighted by Gasteiger charge is 2.24. The molecule has 1 aliphatic heterocycles. The van der Waals surface area contributed by atoms with E-state index < -0.39 is 5.83 Å². The van der Waals surface area contributed by atoms with E-state index in [-0.39, 0.29) is 22.8 Å². The van der Waals surface area contributed by atoms with Crippen LogP contribution < -0.4 is 5.73 Å². The minimum atomic E-state index is -0.567. The number of nitrogens with two attached hydrogens (primary N) is 1. The molecular weight excluding hydrogens is 354 g/mol. The fourth-order valence-corrected chi connectivity index (χ4v) is 3.61. The second-order valence-corrected chi connectivity index (χ2v) is 7.42. The SMILES string of the molecule is CC1CC(c2cc(/C=C(\F)c3ccc(C#N)cn3)ccc2F)N=C(N)S1. The van der Waals surface area contributed by atoms with E-state index >= 15 is 0 Å². The summed E-state index contributed by atoms with van der Waals surface area (Å²) in [5.74, 6) is -0.956. The van der Waals surface area contributed by atoms with E-state index in [0.29, 0.717) is 28.3 Å². The number of amidine groups is 1. The van der Waals surface area contributed by atoms with Crippen molar-refractivity contribution >= 4 is 28.8 Å². The third kappa shape index (κ3) is 4.09. The summed E-state index contributed by atoms with van der Waals surface area (Å²) in [4.78, 5) is 8.24. The Morgan fingerprint density at radius 3 is 2.85 bits per heavy atom. The number of thioether (sulfide) groups is 1. The third-order valence-corrected chi connectivity index (χ3v) is 4.91. The van der Waals surface area contributed by atoms with Crippen molar-refractivity contribution < 1.29 is 8.78 Å². The number of rotatable bonds is 3. The molecule has 7 heteroatoms. The lowest BCUT2D eigenvalue weighted by molar-refractivity contribution is 0.562. The average Bonchev–Trinajstić information content (AvgIpc) is 2.62. The van der Waals surface area contributed by atoms with Gasteiger partial charge in [0.1, 0.15) is 17.7 Å². The maximum Gasteiger partial charge on any atom is 0.154 e. The van der Waals surface area contributed by atoms with E-state index in [0.717, 1.165) is 0 Å². The van der Waals surface area contributed by atoms with Crippen LogP contribution in [0.2, 0.25) is 0 Å². The maximum atomic E-state index is 14.4. The van der Waals surface area contributed by atoms with Crippen LogP contribution in [-0.2, 0) is 0 Å². The summed E-state index contributed by atoms with van der Waals surface area (Å²) in [5.41, 5.74) is 7.17. The van der Waals surface area contributed by atoms with Gasteiger partial charge in [0, 0.05) is 17.0 Å². The normalized spacial score (nSPS) is 20.4. The van der Waals surface area contributed by atoms with Gasteiger partial charge in [0.05, 0.1) is 17.3 Å². The molecule has 0 bridgehead atoms. The molecular formula is C19H16F2N4S. The molecule has 2 unspecified atom stereocenters. The molecule has 0 fully saturated rings. The van der Waals surface area contributed by atoms with E-state index in [1.165, 1.54) is 48.3 Å². The minimum absolute atomic E-state index is 0.111. The molecule has 26 heavy (non-hydrogen) atoms. The summed E-state index contributed by atoms with van der Waals surface area (Å²) >= 11 is 1.46. The van der Waals surface area contributed by atoms with Crippen molar-refractivity contribution in [2.75, 3.05) is 0 Å². The van der Waals surface area contributed by atoms with Gasteiger partial charge in [-0.15, -0.1) is 0 Å². The molecule has 1 aliphatic rings. The Labute approximate surface area is 154 Å². The lowest BCUT2D eigenvalue weighted by Crippen LogP contribution is -2.21. The first kappa shape index (κ1) is 18.1. The van der Waals surface area contributed by atoms with Gasteiger partial charge in [-0.1, -0.05) is 24.8 Å². The summed E-state index contributed by atoms with van der Waals surface area (Å²) in [6, 6.07) is 8.86. The molecule has 2 atom stereocenters.